The number of rotatable bonds is 5. The lowest BCUT2D eigenvalue weighted by Gasteiger charge is -2.19. The molecular formula is C20H23N5O. The Kier molecular flexibility index (Phi) is 5.31. The maximum Gasteiger partial charge on any atom is 0.320 e. The molecule has 1 aromatic heterocycles. The first-order valence-electron chi connectivity index (χ1n) is 8.65. The summed E-state index contributed by atoms with van der Waals surface area (Å²) >= 11 is 0. The molecule has 0 saturated heterocycles. The molecule has 2 amide bonds. The first-order chi connectivity index (χ1) is 12.6. The summed E-state index contributed by atoms with van der Waals surface area (Å²) in [4.78, 5) is 12.6. The second kappa shape index (κ2) is 7.82. The Balaban J connectivity index is 1.81. The third-order valence-electron chi connectivity index (χ3n) is 4.41. The second-order valence-corrected chi connectivity index (χ2v) is 6.16. The van der Waals surface area contributed by atoms with Crippen LogP contribution in [0.4, 0.5) is 10.5 Å². The van der Waals surface area contributed by atoms with E-state index in [1.165, 1.54) is 5.56 Å². The van der Waals surface area contributed by atoms with Crippen LogP contribution in [0.5, 0.6) is 0 Å². The van der Waals surface area contributed by atoms with E-state index in [2.05, 4.69) is 27.8 Å². The highest BCUT2D eigenvalue weighted by Gasteiger charge is 2.22. The van der Waals surface area contributed by atoms with Gasteiger partial charge in [0.2, 0.25) is 0 Å². The number of aryl methyl sites for hydroxylation is 2. The molecule has 2 aromatic carbocycles. The van der Waals surface area contributed by atoms with E-state index in [4.69, 9.17) is 0 Å². The fourth-order valence-corrected chi connectivity index (χ4v) is 2.74. The van der Waals surface area contributed by atoms with Crippen LogP contribution in [0.25, 0.3) is 0 Å². The molecule has 1 unspecified atom stereocenters. The third-order valence-corrected chi connectivity index (χ3v) is 4.41. The van der Waals surface area contributed by atoms with Gasteiger partial charge in [-0.3, -0.25) is 0 Å². The molecule has 2 N–H and O–H groups in total. The Labute approximate surface area is 153 Å². The van der Waals surface area contributed by atoms with Gasteiger partial charge in [-0.05, 0) is 36.6 Å². The van der Waals surface area contributed by atoms with Crippen LogP contribution >= 0.6 is 0 Å². The van der Waals surface area contributed by atoms with Gasteiger partial charge in [-0.15, -0.1) is 10.2 Å². The summed E-state index contributed by atoms with van der Waals surface area (Å²) in [5.74, 6) is 1.48. The van der Waals surface area contributed by atoms with E-state index >= 15 is 0 Å². The van der Waals surface area contributed by atoms with Gasteiger partial charge >= 0.3 is 6.03 Å². The SMILES string of the molecule is CCc1ccc(NC(=O)NC(c2ccccc2)c2nnc(C)n2C)cc1. The van der Waals surface area contributed by atoms with Gasteiger partial charge in [0.1, 0.15) is 11.9 Å². The average Bonchev–Trinajstić information content (AvgIpc) is 3.00. The minimum atomic E-state index is -0.391. The topological polar surface area (TPSA) is 71.8 Å². The molecule has 1 heterocycles. The van der Waals surface area contributed by atoms with Crippen molar-refractivity contribution in [2.75, 3.05) is 5.32 Å². The van der Waals surface area contributed by atoms with Crippen LogP contribution in [0.2, 0.25) is 0 Å². The van der Waals surface area contributed by atoms with E-state index in [1.54, 1.807) is 0 Å². The van der Waals surface area contributed by atoms with Crippen LogP contribution < -0.4 is 10.6 Å². The Morgan fingerprint density at radius 1 is 1.08 bits per heavy atom. The molecule has 0 fully saturated rings. The molecule has 0 aliphatic heterocycles. The molecule has 26 heavy (non-hydrogen) atoms. The van der Waals surface area contributed by atoms with E-state index in [1.807, 2.05) is 73.1 Å². The fourth-order valence-electron chi connectivity index (χ4n) is 2.74. The molecule has 6 heteroatoms. The van der Waals surface area contributed by atoms with Crippen molar-refractivity contribution in [1.82, 2.24) is 20.1 Å². The smallest absolute Gasteiger partial charge is 0.320 e. The summed E-state index contributed by atoms with van der Waals surface area (Å²) in [6.45, 7) is 3.98. The number of nitrogens with zero attached hydrogens (tertiary/aromatic N) is 3. The summed E-state index contributed by atoms with van der Waals surface area (Å²) in [7, 11) is 1.89. The Morgan fingerprint density at radius 3 is 2.35 bits per heavy atom. The summed E-state index contributed by atoms with van der Waals surface area (Å²) in [6, 6.07) is 16.9. The highest BCUT2D eigenvalue weighted by atomic mass is 16.2. The molecule has 1 atom stereocenters. The van der Waals surface area contributed by atoms with E-state index in [-0.39, 0.29) is 6.03 Å². The van der Waals surface area contributed by atoms with Gasteiger partial charge in [-0.2, -0.15) is 0 Å². The van der Waals surface area contributed by atoms with Crippen molar-refractivity contribution < 1.29 is 4.79 Å². The third kappa shape index (κ3) is 3.91. The van der Waals surface area contributed by atoms with Crippen molar-refractivity contribution in [2.24, 2.45) is 7.05 Å². The molecule has 0 radical (unpaired) electrons. The van der Waals surface area contributed by atoms with E-state index in [0.29, 0.717) is 5.82 Å². The predicted octanol–water partition coefficient (Wildman–Crippen LogP) is 3.60. The first-order valence-corrected chi connectivity index (χ1v) is 8.65. The van der Waals surface area contributed by atoms with Crippen LogP contribution in [-0.4, -0.2) is 20.8 Å². The predicted molar refractivity (Wildman–Crippen MR) is 102 cm³/mol. The number of hydrogen-bond donors (Lipinski definition) is 2. The standard InChI is InChI=1S/C20H23N5O/c1-4-15-10-12-17(13-11-15)21-20(26)22-18(16-8-6-5-7-9-16)19-24-23-14(2)25(19)3/h5-13,18H,4H2,1-3H3,(H2,21,22,26). The monoisotopic (exact) mass is 349 g/mol. The minimum absolute atomic E-state index is 0.288. The number of hydrogen-bond acceptors (Lipinski definition) is 3. The van der Waals surface area contributed by atoms with Gasteiger partial charge in [0.25, 0.3) is 0 Å². The normalized spacial score (nSPS) is 11.8. The van der Waals surface area contributed by atoms with Crippen molar-refractivity contribution >= 4 is 11.7 Å². The summed E-state index contributed by atoms with van der Waals surface area (Å²) < 4.78 is 1.88. The number of urea groups is 1. The van der Waals surface area contributed by atoms with Crippen LogP contribution in [0.15, 0.2) is 54.6 Å². The maximum absolute atomic E-state index is 12.6. The molecular weight excluding hydrogens is 326 g/mol. The first kappa shape index (κ1) is 17.7. The van der Waals surface area contributed by atoms with E-state index < -0.39 is 6.04 Å². The van der Waals surface area contributed by atoms with Crippen molar-refractivity contribution in [3.8, 4) is 0 Å². The van der Waals surface area contributed by atoms with Crippen molar-refractivity contribution in [3.05, 3.63) is 77.4 Å². The molecule has 0 bridgehead atoms. The second-order valence-electron chi connectivity index (χ2n) is 6.16. The van der Waals surface area contributed by atoms with E-state index in [0.717, 1.165) is 23.5 Å². The zero-order valence-corrected chi connectivity index (χ0v) is 15.2. The summed E-state index contributed by atoms with van der Waals surface area (Å²) in [5, 5.41) is 14.2. The quantitative estimate of drug-likeness (QED) is 0.739. The van der Waals surface area contributed by atoms with Crippen molar-refractivity contribution in [2.45, 2.75) is 26.3 Å². The average molecular weight is 349 g/mol. The number of carbonyl (C=O) groups is 1. The van der Waals surface area contributed by atoms with Crippen molar-refractivity contribution in [1.29, 1.82) is 0 Å². The van der Waals surface area contributed by atoms with Gasteiger partial charge in [-0.1, -0.05) is 49.4 Å². The Bertz CT molecular complexity index is 871. The Morgan fingerprint density at radius 2 is 1.77 bits per heavy atom. The lowest BCUT2D eigenvalue weighted by Crippen LogP contribution is -2.34. The summed E-state index contributed by atoms with van der Waals surface area (Å²) in [5.41, 5.74) is 2.92. The van der Waals surface area contributed by atoms with Gasteiger partial charge in [0, 0.05) is 12.7 Å². The van der Waals surface area contributed by atoms with Gasteiger partial charge in [0.05, 0.1) is 0 Å². The number of anilines is 1. The zero-order valence-electron chi connectivity index (χ0n) is 15.2. The van der Waals surface area contributed by atoms with Crippen LogP contribution in [-0.2, 0) is 13.5 Å². The molecule has 0 spiro atoms. The van der Waals surface area contributed by atoms with Crippen LogP contribution in [0.1, 0.15) is 35.7 Å². The fraction of sp³-hybridized carbons (Fsp3) is 0.250. The highest BCUT2D eigenvalue weighted by Crippen LogP contribution is 2.21. The number of benzene rings is 2. The van der Waals surface area contributed by atoms with E-state index in [9.17, 15) is 4.79 Å². The van der Waals surface area contributed by atoms with Gasteiger partial charge < -0.3 is 15.2 Å². The summed E-state index contributed by atoms with van der Waals surface area (Å²) in [6.07, 6.45) is 0.966. The zero-order chi connectivity index (χ0) is 18.5. The number of carbonyl (C=O) groups excluding carboxylic acids is 1. The number of amides is 2. The van der Waals surface area contributed by atoms with Crippen LogP contribution in [0, 0.1) is 6.92 Å². The van der Waals surface area contributed by atoms with Gasteiger partial charge in [0.15, 0.2) is 5.82 Å². The number of aromatic nitrogens is 3. The molecule has 3 rings (SSSR count). The minimum Gasteiger partial charge on any atom is -0.324 e. The molecule has 0 saturated carbocycles. The lowest BCUT2D eigenvalue weighted by atomic mass is 10.1. The lowest BCUT2D eigenvalue weighted by molar-refractivity contribution is 0.249. The van der Waals surface area contributed by atoms with Crippen molar-refractivity contribution in [3.63, 3.8) is 0 Å². The molecule has 6 nitrogen and oxygen atoms in total. The molecule has 134 valence electrons. The highest BCUT2D eigenvalue weighted by molar-refractivity contribution is 5.89. The maximum atomic E-state index is 12.6. The number of nitrogens with one attached hydrogen (secondary N) is 2. The molecule has 0 aliphatic carbocycles. The molecule has 3 aromatic rings. The van der Waals surface area contributed by atoms with Gasteiger partial charge in [-0.25, -0.2) is 4.79 Å². The van der Waals surface area contributed by atoms with Crippen LogP contribution in [0.3, 0.4) is 0 Å². The molecule has 0 aliphatic rings. The largest absolute Gasteiger partial charge is 0.324 e. The Hall–Kier alpha value is -3.15.